The standard InChI is InChI=1S/C20H34O2/c1-3-4-15-18(21)19(22)20(2,16-11-7-5-8-12-16)17-13-9-6-10-14-17/h16-17H,3-15H2,1-2H3. The Kier molecular flexibility index (Phi) is 6.65. The first kappa shape index (κ1) is 17.7. The van der Waals surface area contributed by atoms with Crippen LogP contribution in [0.4, 0.5) is 0 Å². The molecule has 2 fully saturated rings. The minimum atomic E-state index is -0.369. The smallest absolute Gasteiger partial charge is 0.204 e. The van der Waals surface area contributed by atoms with E-state index < -0.39 is 0 Å². The highest BCUT2D eigenvalue weighted by Crippen LogP contribution is 2.49. The summed E-state index contributed by atoms with van der Waals surface area (Å²) >= 11 is 0. The van der Waals surface area contributed by atoms with Crippen molar-refractivity contribution in [3.63, 3.8) is 0 Å². The van der Waals surface area contributed by atoms with Crippen molar-refractivity contribution < 1.29 is 9.59 Å². The van der Waals surface area contributed by atoms with E-state index in [0.29, 0.717) is 18.3 Å². The lowest BCUT2D eigenvalue weighted by molar-refractivity contribution is -0.148. The fourth-order valence-electron chi connectivity index (χ4n) is 4.86. The van der Waals surface area contributed by atoms with Gasteiger partial charge >= 0.3 is 0 Å². The maximum absolute atomic E-state index is 13.1. The first-order valence-corrected chi connectivity index (χ1v) is 9.68. The van der Waals surface area contributed by atoms with Crippen molar-refractivity contribution >= 4 is 11.6 Å². The predicted molar refractivity (Wildman–Crippen MR) is 90.8 cm³/mol. The zero-order valence-electron chi connectivity index (χ0n) is 14.7. The third-order valence-electron chi connectivity index (χ3n) is 6.41. The van der Waals surface area contributed by atoms with Crippen LogP contribution >= 0.6 is 0 Å². The zero-order valence-corrected chi connectivity index (χ0v) is 14.7. The molecule has 0 aromatic heterocycles. The third kappa shape index (κ3) is 3.81. The molecule has 2 heteroatoms. The van der Waals surface area contributed by atoms with Crippen LogP contribution in [0.5, 0.6) is 0 Å². The van der Waals surface area contributed by atoms with Crippen LogP contribution in [0.1, 0.15) is 97.3 Å². The van der Waals surface area contributed by atoms with Gasteiger partial charge in [-0.1, -0.05) is 58.8 Å². The van der Waals surface area contributed by atoms with Crippen LogP contribution in [0.3, 0.4) is 0 Å². The minimum absolute atomic E-state index is 0.0141. The lowest BCUT2D eigenvalue weighted by Crippen LogP contribution is -2.47. The summed E-state index contributed by atoms with van der Waals surface area (Å²) < 4.78 is 0. The van der Waals surface area contributed by atoms with E-state index in [4.69, 9.17) is 0 Å². The number of hydrogen-bond acceptors (Lipinski definition) is 2. The lowest BCUT2D eigenvalue weighted by atomic mass is 9.57. The number of hydrogen-bond donors (Lipinski definition) is 0. The van der Waals surface area contributed by atoms with Crippen LogP contribution < -0.4 is 0 Å². The molecular formula is C20H34O2. The SMILES string of the molecule is CCCCC(=O)C(=O)C(C)(C1CCCCC1)C1CCCCC1. The highest BCUT2D eigenvalue weighted by Gasteiger charge is 2.49. The second kappa shape index (κ2) is 8.26. The van der Waals surface area contributed by atoms with E-state index in [1.807, 2.05) is 0 Å². The molecule has 0 aromatic rings. The quantitative estimate of drug-likeness (QED) is 0.583. The molecule has 0 bridgehead atoms. The van der Waals surface area contributed by atoms with Gasteiger partial charge in [-0.2, -0.15) is 0 Å². The van der Waals surface area contributed by atoms with Crippen molar-refractivity contribution in [1.82, 2.24) is 0 Å². The summed E-state index contributed by atoms with van der Waals surface area (Å²) in [5.41, 5.74) is -0.369. The molecule has 2 saturated carbocycles. The van der Waals surface area contributed by atoms with Crippen LogP contribution in [0, 0.1) is 17.3 Å². The molecule has 0 spiro atoms. The summed E-state index contributed by atoms with van der Waals surface area (Å²) in [7, 11) is 0. The number of rotatable bonds is 7. The summed E-state index contributed by atoms with van der Waals surface area (Å²) in [6.45, 7) is 4.24. The molecule has 0 unspecified atom stereocenters. The molecule has 2 rings (SSSR count). The fraction of sp³-hybridized carbons (Fsp3) is 0.900. The largest absolute Gasteiger partial charge is 0.291 e. The number of ketones is 2. The molecule has 0 radical (unpaired) electrons. The van der Waals surface area contributed by atoms with Gasteiger partial charge in [0, 0.05) is 11.8 Å². The molecule has 0 atom stereocenters. The summed E-state index contributed by atoms with van der Waals surface area (Å²) in [4.78, 5) is 25.6. The Balaban J connectivity index is 2.19. The van der Waals surface area contributed by atoms with E-state index in [-0.39, 0.29) is 17.0 Å². The van der Waals surface area contributed by atoms with Gasteiger partial charge in [-0.05, 0) is 43.9 Å². The highest BCUT2D eigenvalue weighted by molar-refractivity contribution is 6.39. The van der Waals surface area contributed by atoms with Gasteiger partial charge < -0.3 is 0 Å². The molecule has 2 aliphatic carbocycles. The Morgan fingerprint density at radius 2 is 1.32 bits per heavy atom. The summed E-state index contributed by atoms with van der Waals surface area (Å²) in [6, 6.07) is 0. The predicted octanol–water partition coefficient (Wildman–Crippen LogP) is 5.48. The van der Waals surface area contributed by atoms with Gasteiger partial charge in [0.15, 0.2) is 5.78 Å². The van der Waals surface area contributed by atoms with E-state index in [1.165, 1.54) is 38.5 Å². The van der Waals surface area contributed by atoms with E-state index in [1.54, 1.807) is 0 Å². The van der Waals surface area contributed by atoms with Gasteiger partial charge in [-0.25, -0.2) is 0 Å². The number of unbranched alkanes of at least 4 members (excludes halogenated alkanes) is 1. The average molecular weight is 306 g/mol. The van der Waals surface area contributed by atoms with E-state index >= 15 is 0 Å². The first-order valence-electron chi connectivity index (χ1n) is 9.68. The van der Waals surface area contributed by atoms with Crippen molar-refractivity contribution in [3.8, 4) is 0 Å². The van der Waals surface area contributed by atoms with Crippen molar-refractivity contribution in [3.05, 3.63) is 0 Å². The minimum Gasteiger partial charge on any atom is -0.291 e. The van der Waals surface area contributed by atoms with E-state index in [9.17, 15) is 9.59 Å². The summed E-state index contributed by atoms with van der Waals surface area (Å²) in [5.74, 6) is 0.796. The molecule has 126 valence electrons. The monoisotopic (exact) mass is 306 g/mol. The maximum atomic E-state index is 13.1. The summed E-state index contributed by atoms with van der Waals surface area (Å²) in [5, 5.41) is 0. The Morgan fingerprint density at radius 3 is 1.73 bits per heavy atom. The molecule has 0 heterocycles. The van der Waals surface area contributed by atoms with Crippen LogP contribution in [-0.4, -0.2) is 11.6 Å². The van der Waals surface area contributed by atoms with Crippen molar-refractivity contribution in [2.45, 2.75) is 97.3 Å². The summed E-state index contributed by atoms with van der Waals surface area (Å²) in [6.07, 6.45) is 14.5. The first-order chi connectivity index (χ1) is 10.6. The highest BCUT2D eigenvalue weighted by atomic mass is 16.2. The van der Waals surface area contributed by atoms with Crippen molar-refractivity contribution in [1.29, 1.82) is 0 Å². The second-order valence-electron chi connectivity index (χ2n) is 7.81. The Bertz CT molecular complexity index is 355. The number of carbonyl (C=O) groups is 2. The molecule has 0 aromatic carbocycles. The fourth-order valence-corrected chi connectivity index (χ4v) is 4.86. The third-order valence-corrected chi connectivity index (χ3v) is 6.41. The van der Waals surface area contributed by atoms with Gasteiger partial charge in [-0.3, -0.25) is 9.59 Å². The van der Waals surface area contributed by atoms with Crippen LogP contribution in [0.15, 0.2) is 0 Å². The molecule has 0 saturated heterocycles. The molecule has 2 nitrogen and oxygen atoms in total. The molecular weight excluding hydrogens is 272 g/mol. The lowest BCUT2D eigenvalue weighted by Gasteiger charge is -2.45. The van der Waals surface area contributed by atoms with Crippen LogP contribution in [-0.2, 0) is 9.59 Å². The molecule has 22 heavy (non-hydrogen) atoms. The van der Waals surface area contributed by atoms with Crippen molar-refractivity contribution in [2.75, 3.05) is 0 Å². The van der Waals surface area contributed by atoms with Crippen LogP contribution in [0.2, 0.25) is 0 Å². The van der Waals surface area contributed by atoms with Gasteiger partial charge in [0.2, 0.25) is 5.78 Å². The van der Waals surface area contributed by atoms with E-state index in [2.05, 4.69) is 13.8 Å². The molecule has 0 aliphatic heterocycles. The number of Topliss-reactive ketones (excluding diaryl/α,β-unsaturated/α-hetero) is 2. The van der Waals surface area contributed by atoms with E-state index in [0.717, 1.165) is 38.5 Å². The van der Waals surface area contributed by atoms with Gasteiger partial charge in [0.05, 0.1) is 0 Å². The number of carbonyl (C=O) groups excluding carboxylic acids is 2. The Morgan fingerprint density at radius 1 is 0.864 bits per heavy atom. The van der Waals surface area contributed by atoms with Gasteiger partial charge in [0.1, 0.15) is 0 Å². The average Bonchev–Trinajstić information content (AvgIpc) is 2.59. The van der Waals surface area contributed by atoms with Crippen LogP contribution in [0.25, 0.3) is 0 Å². The molecule has 0 amide bonds. The topological polar surface area (TPSA) is 34.1 Å². The zero-order chi connectivity index (χ0) is 16.0. The normalized spacial score (nSPS) is 21.7. The second-order valence-corrected chi connectivity index (χ2v) is 7.81. The van der Waals surface area contributed by atoms with Crippen molar-refractivity contribution in [2.24, 2.45) is 17.3 Å². The maximum Gasteiger partial charge on any atom is 0.204 e. The molecule has 0 N–H and O–H groups in total. The van der Waals surface area contributed by atoms with Gasteiger partial charge in [0.25, 0.3) is 0 Å². The van der Waals surface area contributed by atoms with Gasteiger partial charge in [-0.15, -0.1) is 0 Å². The molecule has 2 aliphatic rings. The Hall–Kier alpha value is -0.660. The Labute approximate surface area is 136 Å².